The van der Waals surface area contributed by atoms with Crippen LogP contribution in [0.25, 0.3) is 38.8 Å². The molecule has 5 aliphatic heterocycles. The summed E-state index contributed by atoms with van der Waals surface area (Å²) >= 11 is 0. The molecule has 0 N–H and O–H groups in total. The first kappa shape index (κ1) is 146. The predicted molar refractivity (Wildman–Crippen MR) is 632 cm³/mol. The second-order valence-corrected chi connectivity index (χ2v) is 26.2. The maximum atomic E-state index is 4.18. The van der Waals surface area contributed by atoms with Crippen molar-refractivity contribution in [3.63, 3.8) is 0 Å². The summed E-state index contributed by atoms with van der Waals surface area (Å²) in [6, 6.07) is 66.0. The summed E-state index contributed by atoms with van der Waals surface area (Å²) in [6.45, 7) is 65.4. The summed E-state index contributed by atoms with van der Waals surface area (Å²) in [5.74, 6) is 0. The van der Waals surface area contributed by atoms with Crippen LogP contribution in [0, 0.1) is 0 Å². The minimum absolute atomic E-state index is 0.760. The lowest BCUT2D eigenvalue weighted by molar-refractivity contribution is 0.886. The molecule has 0 atom stereocenters. The molecule has 0 fully saturated rings. The van der Waals surface area contributed by atoms with Gasteiger partial charge in [-0.25, -0.2) is 9.97 Å². The Morgan fingerprint density at radius 1 is 0.275 bits per heavy atom. The number of rotatable bonds is 5. The summed E-state index contributed by atoms with van der Waals surface area (Å²) in [5, 5.41) is 25.6. The van der Waals surface area contributed by atoms with Crippen molar-refractivity contribution in [2.45, 2.75) is 311 Å². The Morgan fingerprint density at radius 3 is 1.06 bits per heavy atom. The monoisotopic (exact) mass is 1930 g/mol. The van der Waals surface area contributed by atoms with Gasteiger partial charge < -0.3 is 0 Å². The van der Waals surface area contributed by atoms with Crippen molar-refractivity contribution in [3.05, 3.63) is 394 Å². The number of benzene rings is 6. The Bertz CT molecular complexity index is 3990. The Labute approximate surface area is 866 Å². The van der Waals surface area contributed by atoms with Gasteiger partial charge in [-0.1, -0.05) is 460 Å². The SMILES string of the molecule is C1=CCC=C1.C1=CCN=C1.C1=CN=CC1.C1=CN=NC1.C1=Cc2ccccc2C1.C1=NCc2ccccc21.CC.CC.CC.CC.CC.CC.CC.CC.CC.CCC.CCCC.CCCC.CCCC.CCCC.CCCC.c1ccc2c(c1)CN=N2.c1ccc2cnccc2c1.c1ccc2ncccc2c1.c1ccc2nccnc2c1.c1ccncc1.c1ccnnc1.c1cnccn1.c1cncnc1. The van der Waals surface area contributed by atoms with Crippen LogP contribution in [0.1, 0.15) is 319 Å². The topological polar surface area (TPSA) is 228 Å². The van der Waals surface area contributed by atoms with Crippen LogP contribution in [0.15, 0.2) is 402 Å². The molecule has 0 amide bonds. The second-order valence-electron chi connectivity index (χ2n) is 26.2. The summed E-state index contributed by atoms with van der Waals surface area (Å²) in [6.07, 6.45) is 74.5. The highest BCUT2D eigenvalue weighted by molar-refractivity contribution is 5.84. The number of unbranched alkanes of at least 4 members (excludes halogenated alkanes) is 5. The molecule has 7 aromatic heterocycles. The van der Waals surface area contributed by atoms with Gasteiger partial charge in [0.15, 0.2) is 0 Å². The molecule has 12 heterocycles. The van der Waals surface area contributed by atoms with Crippen LogP contribution in [0.2, 0.25) is 0 Å². The highest BCUT2D eigenvalue weighted by Crippen LogP contribution is 2.25. The molecule has 18 nitrogen and oxygen atoms in total. The molecule has 0 radical (unpaired) electrons. The van der Waals surface area contributed by atoms with Crippen LogP contribution in [0.5, 0.6) is 0 Å². The molecule has 0 saturated heterocycles. The smallest absolute Gasteiger partial charge is 0.115 e. The van der Waals surface area contributed by atoms with Gasteiger partial charge in [0, 0.05) is 141 Å². The third-order valence-corrected chi connectivity index (χ3v) is 15.8. The van der Waals surface area contributed by atoms with E-state index in [2.05, 4.69) is 277 Å². The number of para-hydroxylation sites is 3. The molecule has 13 aromatic rings. The van der Waals surface area contributed by atoms with E-state index in [0.717, 1.165) is 67.7 Å². The average molecular weight is 1930 g/mol. The molecule has 7 aliphatic rings. The van der Waals surface area contributed by atoms with E-state index in [4.69, 9.17) is 0 Å². The number of azo groups is 2. The van der Waals surface area contributed by atoms with Gasteiger partial charge in [0.1, 0.15) is 6.33 Å². The number of nitrogens with zero attached hydrogens (tertiary/aromatic N) is 18. The van der Waals surface area contributed by atoms with Crippen molar-refractivity contribution in [2.75, 3.05) is 13.1 Å². The summed E-state index contributed by atoms with van der Waals surface area (Å²) in [4.78, 5) is 46.8. The first-order valence-electron chi connectivity index (χ1n) is 52.4. The van der Waals surface area contributed by atoms with E-state index in [1.54, 1.807) is 99.0 Å². The lowest BCUT2D eigenvalue weighted by atomic mass is 10.1. The molecule has 0 bridgehead atoms. The Morgan fingerprint density at radius 2 is 0.718 bits per heavy atom. The van der Waals surface area contributed by atoms with Crippen molar-refractivity contribution in [3.8, 4) is 0 Å². The Balaban J connectivity index is -0.000000187. The van der Waals surface area contributed by atoms with Crippen LogP contribution in [0.4, 0.5) is 5.69 Å². The summed E-state index contributed by atoms with van der Waals surface area (Å²) in [5.41, 5.74) is 10.7. The molecule has 0 saturated carbocycles. The third kappa shape index (κ3) is 101. The molecular formula is C124H190N18. The zero-order valence-corrected chi connectivity index (χ0v) is 93.7. The summed E-state index contributed by atoms with van der Waals surface area (Å²) in [7, 11) is 0. The standard InChI is InChI=1S/2C9H7N.C9H8.C8H6N2.C8H7N.C7H6N2.C5H5N.C5H6.3C4H4N2.2C4H5N.5C4H10.C3H4N2.C3H8.9C2H6/c1-2-6-9-8(4-1)5-3-7-10-9;1-2-4-9-7-10-6-5-8(9)3-1;1-2-5-9-7-3-6-8(9)4-1;1-2-4-8-7(3-1)9-5-6-10-8;1-2-4-8-6-9-5-7(8)3-1;1-2-4-7-6(3-1)5-8-9-7;1-2-4-6-5-3-1;1-2-4-5-3-1;1-2-6-4-3-5-1;1-2-5-4-6-3-1;1-2-4-6-5-3-1;2*1-2-4-5-3-1;5*1-3-4-2;1-2-4-5-3-1;1-3-2;9*1-2/h2*1-7H;1-6H,7H2;1-6H;1-5H,6H2;1-4H,5H2;1-5H;1-4H,5H2;3*1-4H;1,3-4H,2H2;1-3H,4H2;5*3-4H2,1-2H3;1-2H,3H2;3H2,1-2H3;9*1-2H3. The quantitative estimate of drug-likeness (QED) is 0.157. The van der Waals surface area contributed by atoms with Gasteiger partial charge in [-0.3, -0.25) is 49.9 Å². The van der Waals surface area contributed by atoms with E-state index >= 15 is 0 Å². The number of hydrogen-bond donors (Lipinski definition) is 0. The van der Waals surface area contributed by atoms with E-state index in [0.29, 0.717) is 0 Å². The number of aromatic nitrogens is 11. The van der Waals surface area contributed by atoms with E-state index in [9.17, 15) is 0 Å². The predicted octanol–water partition coefficient (Wildman–Crippen LogP) is 38.5. The first-order valence-corrected chi connectivity index (χ1v) is 52.4. The fraction of sp³-hybridized carbons (Fsp3) is 0.387. The molecule has 18 heteroatoms. The van der Waals surface area contributed by atoms with Crippen LogP contribution < -0.4 is 0 Å². The van der Waals surface area contributed by atoms with Crippen molar-refractivity contribution in [1.29, 1.82) is 0 Å². The minimum Gasteiger partial charge on any atom is -0.289 e. The third-order valence-electron chi connectivity index (χ3n) is 15.8. The molecule has 2 aliphatic carbocycles. The van der Waals surface area contributed by atoms with Gasteiger partial charge in [-0.15, -0.1) is 0 Å². The maximum Gasteiger partial charge on any atom is 0.115 e. The molecular weight excluding hydrogens is 1740 g/mol. The zero-order chi connectivity index (χ0) is 108. The van der Waals surface area contributed by atoms with E-state index in [1.807, 2.05) is 307 Å². The van der Waals surface area contributed by atoms with E-state index in [1.165, 1.54) is 121 Å². The Kier molecular flexibility index (Phi) is 140. The van der Waals surface area contributed by atoms with Crippen molar-refractivity contribution in [2.24, 2.45) is 35.4 Å². The van der Waals surface area contributed by atoms with Gasteiger partial charge in [0.25, 0.3) is 0 Å². The molecule has 0 spiro atoms. The summed E-state index contributed by atoms with van der Waals surface area (Å²) < 4.78 is 0. The number of hydrogen-bond acceptors (Lipinski definition) is 18. The maximum absolute atomic E-state index is 4.18. The van der Waals surface area contributed by atoms with Crippen LogP contribution in [0.3, 0.4) is 0 Å². The van der Waals surface area contributed by atoms with Crippen LogP contribution in [-0.2, 0) is 19.5 Å². The molecule has 20 rings (SSSR count). The van der Waals surface area contributed by atoms with Gasteiger partial charge in [0.05, 0.1) is 48.4 Å². The fourth-order valence-corrected chi connectivity index (χ4v) is 8.43. The van der Waals surface area contributed by atoms with Crippen molar-refractivity contribution >= 4 is 63.1 Å². The average Bonchev–Trinajstić information content (AvgIpc) is 1.87. The number of allylic oxidation sites excluding steroid dienone is 7. The normalized spacial score (nSPS) is 10.1. The lowest BCUT2D eigenvalue weighted by Crippen LogP contribution is -1.79. The molecule has 0 unspecified atom stereocenters. The first-order chi connectivity index (χ1) is 70.3. The number of pyridine rings is 3. The largest absolute Gasteiger partial charge is 0.289 e. The zero-order valence-electron chi connectivity index (χ0n) is 93.7. The molecule has 776 valence electrons. The van der Waals surface area contributed by atoms with Gasteiger partial charge in [0.2, 0.25) is 0 Å². The van der Waals surface area contributed by atoms with Gasteiger partial charge in [-0.2, -0.15) is 30.7 Å². The fourth-order valence-electron chi connectivity index (χ4n) is 8.43. The number of aliphatic imine (C=N–C) groups is 3. The van der Waals surface area contributed by atoms with Crippen molar-refractivity contribution in [1.82, 2.24) is 55.1 Å². The number of fused-ring (bicyclic) bond motifs is 6. The van der Waals surface area contributed by atoms with E-state index < -0.39 is 0 Å². The molecule has 142 heavy (non-hydrogen) atoms. The van der Waals surface area contributed by atoms with Crippen LogP contribution in [-0.4, -0.2) is 86.8 Å². The Hall–Kier alpha value is -13.5. The highest BCUT2D eigenvalue weighted by atomic mass is 15.1. The molecule has 6 aromatic carbocycles. The second kappa shape index (κ2) is 136. The van der Waals surface area contributed by atoms with Crippen molar-refractivity contribution < 1.29 is 0 Å². The minimum atomic E-state index is 0.760. The van der Waals surface area contributed by atoms with Gasteiger partial charge >= 0.3 is 0 Å². The highest BCUT2D eigenvalue weighted by Gasteiger charge is 2.04. The van der Waals surface area contributed by atoms with Crippen LogP contribution >= 0.6 is 0 Å². The van der Waals surface area contributed by atoms with Gasteiger partial charge in [-0.05, 0) is 125 Å². The van der Waals surface area contributed by atoms with E-state index in [-0.39, 0.29) is 0 Å². The lowest BCUT2D eigenvalue weighted by Gasteiger charge is -1.93.